The van der Waals surface area contributed by atoms with E-state index in [0.717, 1.165) is 29.6 Å². The van der Waals surface area contributed by atoms with Gasteiger partial charge in [-0.3, -0.25) is 0 Å². The molecule has 0 unspecified atom stereocenters. The van der Waals surface area contributed by atoms with Gasteiger partial charge in [0.05, 0.1) is 6.10 Å². The fourth-order valence-corrected chi connectivity index (χ4v) is 13.4. The molecule has 35 heavy (non-hydrogen) atoms. The third-order valence-electron chi connectivity index (χ3n) is 13.9. The Morgan fingerprint density at radius 1 is 0.743 bits per heavy atom. The predicted octanol–water partition coefficient (Wildman–Crippen LogP) is 9.88. The van der Waals surface area contributed by atoms with Gasteiger partial charge >= 0.3 is 0 Å². The summed E-state index contributed by atoms with van der Waals surface area (Å²) in [6.45, 7) is 30.2. The van der Waals surface area contributed by atoms with Crippen molar-refractivity contribution in [2.24, 2.45) is 56.7 Å². The summed E-state index contributed by atoms with van der Waals surface area (Å²) in [5, 5.41) is 0. The average molecular weight is 499 g/mol. The van der Waals surface area contributed by atoms with E-state index in [1.54, 1.807) is 0 Å². The van der Waals surface area contributed by atoms with E-state index in [-0.39, 0.29) is 5.41 Å². The Hall–Kier alpha value is -0.0831. The summed E-state index contributed by atoms with van der Waals surface area (Å²) < 4.78 is 6.88. The molecule has 0 bridgehead atoms. The predicted molar refractivity (Wildman–Crippen MR) is 153 cm³/mol. The van der Waals surface area contributed by atoms with E-state index in [1.165, 1.54) is 69.8 Å². The average Bonchev–Trinajstić information content (AvgIpc) is 3.08. The first-order valence-electron chi connectivity index (χ1n) is 15.3. The van der Waals surface area contributed by atoms with Crippen LogP contribution in [0.3, 0.4) is 0 Å². The molecule has 0 radical (unpaired) electrons. The van der Waals surface area contributed by atoms with E-state index in [4.69, 9.17) is 4.43 Å². The van der Waals surface area contributed by atoms with Crippen LogP contribution in [0.5, 0.6) is 0 Å². The Kier molecular flexibility index (Phi) is 6.04. The second-order valence-corrected chi connectivity index (χ2v) is 21.4. The number of rotatable bonds is 3. The second-order valence-electron chi connectivity index (χ2n) is 16.9. The van der Waals surface area contributed by atoms with Crippen molar-refractivity contribution in [3.8, 4) is 0 Å². The van der Waals surface area contributed by atoms with Crippen LogP contribution in [0, 0.1) is 56.7 Å². The molecule has 0 aromatic rings. The lowest BCUT2D eigenvalue weighted by Crippen LogP contribution is -2.66. The molecule has 5 aliphatic carbocycles. The van der Waals surface area contributed by atoms with Gasteiger partial charge in [-0.2, -0.15) is 0 Å². The molecule has 0 saturated heterocycles. The summed E-state index contributed by atoms with van der Waals surface area (Å²) in [4.78, 5) is 0. The normalized spacial score (nSPS) is 53.2. The maximum Gasteiger partial charge on any atom is 0.184 e. The second kappa shape index (κ2) is 7.97. The quantitative estimate of drug-likeness (QED) is 0.278. The van der Waals surface area contributed by atoms with Gasteiger partial charge in [0.2, 0.25) is 0 Å². The summed E-state index contributed by atoms with van der Waals surface area (Å²) in [6.07, 6.45) is 14.7. The van der Waals surface area contributed by atoms with E-state index in [0.29, 0.717) is 27.8 Å². The van der Waals surface area contributed by atoms with E-state index in [1.807, 2.05) is 0 Å². The first-order valence-corrected chi connectivity index (χ1v) is 18.7. The molecule has 200 valence electrons. The summed E-state index contributed by atoms with van der Waals surface area (Å²) in [5.74, 6) is 4.21. The molecule has 0 aromatic heterocycles. The fraction of sp³-hybridized carbons (Fsp3) is 0.939. The van der Waals surface area contributed by atoms with Crippen molar-refractivity contribution in [1.29, 1.82) is 0 Å². The molecule has 0 N–H and O–H groups in total. The monoisotopic (exact) mass is 498 g/mol. The third-order valence-corrected chi connectivity index (χ3v) is 14.9. The molecular weight excluding hydrogens is 440 g/mol. The Bertz CT molecular complexity index is 869. The Labute approximate surface area is 219 Å². The standard InChI is InChI=1S/C33H58OSi/c1-22(2)23-14-17-30(5)20-21-32(7)24(28(23)30)12-13-26-31(6)18-16-27(34-35(9,10)11)29(3,4)25(31)15-19-33(26,32)8/h23-28H,1,12-21H2,2-11H3/t23-,24+,25-,26+,27-,28+,30+,31-,32+,33+/m0/s1. The van der Waals surface area contributed by atoms with Gasteiger partial charge in [0.1, 0.15) is 0 Å². The van der Waals surface area contributed by atoms with Crippen LogP contribution in [0.1, 0.15) is 113 Å². The number of allylic oxidation sites excluding steroid dienone is 1. The molecule has 0 spiro atoms. The first-order chi connectivity index (χ1) is 16.0. The van der Waals surface area contributed by atoms with Crippen molar-refractivity contribution >= 4 is 8.32 Å². The lowest BCUT2D eigenvalue weighted by atomic mass is 9.32. The molecule has 5 rings (SSSR count). The highest BCUT2D eigenvalue weighted by Gasteiger charge is 2.70. The molecule has 5 aliphatic rings. The zero-order valence-electron chi connectivity index (χ0n) is 25.2. The number of hydrogen-bond acceptors (Lipinski definition) is 1. The van der Waals surface area contributed by atoms with Gasteiger partial charge in [-0.1, -0.05) is 53.7 Å². The van der Waals surface area contributed by atoms with Crippen LogP contribution >= 0.6 is 0 Å². The van der Waals surface area contributed by atoms with Gasteiger partial charge in [-0.25, -0.2) is 0 Å². The van der Waals surface area contributed by atoms with E-state index >= 15 is 0 Å². The van der Waals surface area contributed by atoms with Gasteiger partial charge in [-0.15, -0.1) is 0 Å². The summed E-state index contributed by atoms with van der Waals surface area (Å²) in [7, 11) is -1.54. The molecule has 0 amide bonds. The van der Waals surface area contributed by atoms with Crippen LogP contribution in [0.2, 0.25) is 19.6 Å². The highest BCUT2D eigenvalue weighted by molar-refractivity contribution is 6.69. The summed E-state index contributed by atoms with van der Waals surface area (Å²) >= 11 is 0. The molecule has 0 aliphatic heterocycles. The summed E-state index contributed by atoms with van der Waals surface area (Å²) in [5.41, 5.74) is 3.76. The topological polar surface area (TPSA) is 9.23 Å². The highest BCUT2D eigenvalue weighted by Crippen LogP contribution is 2.77. The fourth-order valence-electron chi connectivity index (χ4n) is 12.1. The van der Waals surface area contributed by atoms with Crippen molar-refractivity contribution in [3.05, 3.63) is 12.2 Å². The highest BCUT2D eigenvalue weighted by atomic mass is 28.4. The molecule has 5 saturated carbocycles. The Morgan fingerprint density at radius 2 is 1.43 bits per heavy atom. The van der Waals surface area contributed by atoms with Crippen LogP contribution < -0.4 is 0 Å². The minimum absolute atomic E-state index is 0.286. The van der Waals surface area contributed by atoms with Crippen LogP contribution in [0.15, 0.2) is 12.2 Å². The smallest absolute Gasteiger partial charge is 0.184 e. The van der Waals surface area contributed by atoms with Crippen LogP contribution in [-0.4, -0.2) is 14.4 Å². The van der Waals surface area contributed by atoms with Gasteiger partial charge in [0.25, 0.3) is 0 Å². The maximum atomic E-state index is 6.88. The number of fused-ring (bicyclic) bond motifs is 7. The molecule has 2 heteroatoms. The molecule has 1 nitrogen and oxygen atoms in total. The molecule has 5 fully saturated rings. The van der Waals surface area contributed by atoms with Crippen molar-refractivity contribution in [2.75, 3.05) is 0 Å². The van der Waals surface area contributed by atoms with Crippen LogP contribution in [0.25, 0.3) is 0 Å². The van der Waals surface area contributed by atoms with Crippen LogP contribution in [0.4, 0.5) is 0 Å². The van der Waals surface area contributed by atoms with Crippen molar-refractivity contribution in [1.82, 2.24) is 0 Å². The van der Waals surface area contributed by atoms with E-state index in [2.05, 4.69) is 74.7 Å². The molecule has 10 atom stereocenters. The van der Waals surface area contributed by atoms with Crippen molar-refractivity contribution in [2.45, 2.75) is 138 Å². The minimum atomic E-state index is -1.54. The van der Waals surface area contributed by atoms with E-state index < -0.39 is 8.32 Å². The maximum absolute atomic E-state index is 6.88. The van der Waals surface area contributed by atoms with Gasteiger partial charge < -0.3 is 4.43 Å². The molecule has 0 heterocycles. The van der Waals surface area contributed by atoms with Gasteiger partial charge in [-0.05, 0) is 147 Å². The molecule has 0 aromatic carbocycles. The Morgan fingerprint density at radius 3 is 2.06 bits per heavy atom. The van der Waals surface area contributed by atoms with Crippen LogP contribution in [-0.2, 0) is 4.43 Å². The number of hydrogen-bond donors (Lipinski definition) is 0. The van der Waals surface area contributed by atoms with Crippen molar-refractivity contribution < 1.29 is 4.43 Å². The SMILES string of the molecule is C=C(C)[C@@H]1CC[C@]2(C)CC[C@]3(C)[C@H](CC[C@@H]4[C@@]5(C)CC[C@H](O[Si](C)(C)C)C(C)(C)[C@@H]5CC[C@]43C)[C@@H]12. The first kappa shape index (κ1) is 26.5. The van der Waals surface area contributed by atoms with Gasteiger partial charge in [0, 0.05) is 0 Å². The van der Waals surface area contributed by atoms with E-state index in [9.17, 15) is 0 Å². The van der Waals surface area contributed by atoms with Gasteiger partial charge in [0.15, 0.2) is 8.32 Å². The lowest BCUT2D eigenvalue weighted by Gasteiger charge is -2.73. The lowest BCUT2D eigenvalue weighted by molar-refractivity contribution is -0.245. The molecular formula is C33H58OSi. The zero-order chi connectivity index (χ0) is 25.8. The summed E-state index contributed by atoms with van der Waals surface area (Å²) in [6, 6.07) is 0. The third kappa shape index (κ3) is 3.60. The minimum Gasteiger partial charge on any atom is -0.414 e. The zero-order valence-corrected chi connectivity index (χ0v) is 26.2. The largest absolute Gasteiger partial charge is 0.414 e. The Balaban J connectivity index is 1.49. The van der Waals surface area contributed by atoms with Crippen molar-refractivity contribution in [3.63, 3.8) is 0 Å².